The van der Waals surface area contributed by atoms with Crippen molar-refractivity contribution in [3.05, 3.63) is 17.7 Å². The van der Waals surface area contributed by atoms with Gasteiger partial charge in [0.2, 0.25) is 5.91 Å². The van der Waals surface area contributed by atoms with Crippen LogP contribution in [0.4, 0.5) is 5.69 Å². The highest BCUT2D eigenvalue weighted by Gasteiger charge is 2.32. The molecule has 0 radical (unpaired) electrons. The average Bonchev–Trinajstić information content (AvgIpc) is 3.02. The van der Waals surface area contributed by atoms with E-state index < -0.39 is 5.91 Å². The fraction of sp³-hybridized carbons (Fsp3) is 0.500. The summed E-state index contributed by atoms with van der Waals surface area (Å²) < 4.78 is 10.4. The molecular weight excluding hydrogens is 298 g/mol. The SMILES string of the molecule is COc1cc(NC(=O)[C@@H]2CCC[C@@H]2CN)c(C(N)=O)cc1OC. The molecule has 0 aliphatic heterocycles. The Bertz CT molecular complexity index is 603. The van der Waals surface area contributed by atoms with Crippen LogP contribution in [0.2, 0.25) is 0 Å². The minimum atomic E-state index is -0.650. The van der Waals surface area contributed by atoms with Gasteiger partial charge in [0.15, 0.2) is 11.5 Å². The largest absolute Gasteiger partial charge is 0.493 e. The predicted octanol–water partition coefficient (Wildman–Crippen LogP) is 1.12. The molecule has 126 valence electrons. The van der Waals surface area contributed by atoms with Crippen LogP contribution >= 0.6 is 0 Å². The van der Waals surface area contributed by atoms with Gasteiger partial charge in [-0.05, 0) is 31.4 Å². The standard InChI is InChI=1S/C16H23N3O4/c1-22-13-6-11(15(18)20)12(7-14(13)23-2)19-16(21)10-5-3-4-9(10)8-17/h6-7,9-10H,3-5,8,17H2,1-2H3,(H2,18,20)(H,19,21)/t9-,10-/m1/s1. The lowest BCUT2D eigenvalue weighted by Crippen LogP contribution is -2.30. The average molecular weight is 321 g/mol. The van der Waals surface area contributed by atoms with Gasteiger partial charge in [-0.15, -0.1) is 0 Å². The fourth-order valence-corrected chi connectivity index (χ4v) is 3.08. The van der Waals surface area contributed by atoms with Gasteiger partial charge in [0.25, 0.3) is 5.91 Å². The number of benzene rings is 1. The molecule has 0 heterocycles. The Balaban J connectivity index is 2.30. The van der Waals surface area contributed by atoms with Gasteiger partial charge in [0.1, 0.15) is 0 Å². The van der Waals surface area contributed by atoms with Crippen LogP contribution < -0.4 is 26.3 Å². The summed E-state index contributed by atoms with van der Waals surface area (Å²) in [6, 6.07) is 3.01. The van der Waals surface area contributed by atoms with E-state index in [0.29, 0.717) is 23.7 Å². The molecule has 1 fully saturated rings. The quantitative estimate of drug-likeness (QED) is 0.726. The van der Waals surface area contributed by atoms with Gasteiger partial charge in [0, 0.05) is 12.0 Å². The molecule has 7 nitrogen and oxygen atoms in total. The van der Waals surface area contributed by atoms with E-state index in [9.17, 15) is 9.59 Å². The number of nitrogens with one attached hydrogen (secondary N) is 1. The molecule has 0 saturated heterocycles. The molecule has 0 unspecified atom stereocenters. The fourth-order valence-electron chi connectivity index (χ4n) is 3.08. The van der Waals surface area contributed by atoms with Crippen molar-refractivity contribution in [2.75, 3.05) is 26.1 Å². The van der Waals surface area contributed by atoms with E-state index in [2.05, 4.69) is 5.32 Å². The van der Waals surface area contributed by atoms with Gasteiger partial charge in [-0.2, -0.15) is 0 Å². The molecule has 0 aromatic heterocycles. The van der Waals surface area contributed by atoms with Crippen LogP contribution in [0, 0.1) is 11.8 Å². The summed E-state index contributed by atoms with van der Waals surface area (Å²) in [5, 5.41) is 2.79. The van der Waals surface area contributed by atoms with Gasteiger partial charge in [-0.1, -0.05) is 6.42 Å². The zero-order valence-electron chi connectivity index (χ0n) is 13.4. The van der Waals surface area contributed by atoms with Crippen molar-refractivity contribution in [3.63, 3.8) is 0 Å². The molecule has 2 atom stereocenters. The predicted molar refractivity (Wildman–Crippen MR) is 86.6 cm³/mol. The number of hydrogen-bond acceptors (Lipinski definition) is 5. The molecule has 0 spiro atoms. The lowest BCUT2D eigenvalue weighted by molar-refractivity contribution is -0.120. The second-order valence-electron chi connectivity index (χ2n) is 5.64. The van der Waals surface area contributed by atoms with E-state index in [1.54, 1.807) is 6.07 Å². The molecule has 5 N–H and O–H groups in total. The number of nitrogens with two attached hydrogens (primary N) is 2. The number of anilines is 1. The van der Waals surface area contributed by atoms with E-state index in [4.69, 9.17) is 20.9 Å². The molecular formula is C16H23N3O4. The van der Waals surface area contributed by atoms with Gasteiger partial charge in [-0.25, -0.2) is 0 Å². The first-order valence-corrected chi connectivity index (χ1v) is 7.58. The van der Waals surface area contributed by atoms with Gasteiger partial charge >= 0.3 is 0 Å². The van der Waals surface area contributed by atoms with E-state index in [1.807, 2.05) is 0 Å². The summed E-state index contributed by atoms with van der Waals surface area (Å²) in [5.74, 6) is 0.0197. The Labute approximate surface area is 135 Å². The van der Waals surface area contributed by atoms with Gasteiger partial charge in [-0.3, -0.25) is 9.59 Å². The molecule has 0 bridgehead atoms. The second kappa shape index (κ2) is 7.32. The third-order valence-electron chi connectivity index (χ3n) is 4.35. The maximum atomic E-state index is 12.5. The van der Waals surface area contributed by atoms with Gasteiger partial charge in [0.05, 0.1) is 25.5 Å². The van der Waals surface area contributed by atoms with Crippen LogP contribution in [0.15, 0.2) is 12.1 Å². The molecule has 1 aliphatic carbocycles. The zero-order valence-corrected chi connectivity index (χ0v) is 13.4. The minimum Gasteiger partial charge on any atom is -0.493 e. The first-order valence-electron chi connectivity index (χ1n) is 7.58. The maximum Gasteiger partial charge on any atom is 0.250 e. The smallest absolute Gasteiger partial charge is 0.250 e. The number of carbonyl (C=O) groups is 2. The first-order chi connectivity index (χ1) is 11.0. The van der Waals surface area contributed by atoms with Crippen LogP contribution in [-0.2, 0) is 4.79 Å². The third-order valence-corrected chi connectivity index (χ3v) is 4.35. The third kappa shape index (κ3) is 3.56. The van der Waals surface area contributed by atoms with Crippen molar-refractivity contribution in [1.82, 2.24) is 0 Å². The molecule has 1 aromatic carbocycles. The Hall–Kier alpha value is -2.28. The van der Waals surface area contributed by atoms with Crippen LogP contribution in [0.3, 0.4) is 0 Å². The number of methoxy groups -OCH3 is 2. The molecule has 1 saturated carbocycles. The number of primary amides is 1. The summed E-state index contributed by atoms with van der Waals surface area (Å²) in [6.45, 7) is 0.479. The van der Waals surface area contributed by atoms with Crippen molar-refractivity contribution >= 4 is 17.5 Å². The van der Waals surface area contributed by atoms with Crippen molar-refractivity contribution in [2.24, 2.45) is 23.3 Å². The highest BCUT2D eigenvalue weighted by Crippen LogP contribution is 2.35. The Morgan fingerprint density at radius 3 is 2.43 bits per heavy atom. The number of carbonyl (C=O) groups excluding carboxylic acids is 2. The Morgan fingerprint density at radius 1 is 1.22 bits per heavy atom. The van der Waals surface area contributed by atoms with Gasteiger partial charge < -0.3 is 26.3 Å². The summed E-state index contributed by atoms with van der Waals surface area (Å²) in [6.07, 6.45) is 2.73. The molecule has 1 aliphatic rings. The molecule has 2 amide bonds. The monoisotopic (exact) mass is 321 g/mol. The molecule has 23 heavy (non-hydrogen) atoms. The first kappa shape index (κ1) is 17.1. The zero-order chi connectivity index (χ0) is 17.0. The Kier molecular flexibility index (Phi) is 5.44. The van der Waals surface area contributed by atoms with Crippen LogP contribution in [0.1, 0.15) is 29.6 Å². The number of hydrogen-bond donors (Lipinski definition) is 3. The molecule has 1 aromatic rings. The number of rotatable bonds is 6. The highest BCUT2D eigenvalue weighted by atomic mass is 16.5. The van der Waals surface area contributed by atoms with E-state index >= 15 is 0 Å². The number of amides is 2. The summed E-state index contributed by atoms with van der Waals surface area (Å²) >= 11 is 0. The van der Waals surface area contributed by atoms with E-state index in [-0.39, 0.29) is 23.3 Å². The lowest BCUT2D eigenvalue weighted by Gasteiger charge is -2.19. The van der Waals surface area contributed by atoms with Crippen LogP contribution in [0.25, 0.3) is 0 Å². The maximum absolute atomic E-state index is 12.5. The van der Waals surface area contributed by atoms with Crippen molar-refractivity contribution in [1.29, 1.82) is 0 Å². The van der Waals surface area contributed by atoms with E-state index in [1.165, 1.54) is 20.3 Å². The summed E-state index contributed by atoms with van der Waals surface area (Å²) in [7, 11) is 2.94. The van der Waals surface area contributed by atoms with Crippen LogP contribution in [-0.4, -0.2) is 32.6 Å². The summed E-state index contributed by atoms with van der Waals surface area (Å²) in [4.78, 5) is 24.2. The molecule has 2 rings (SSSR count). The van der Waals surface area contributed by atoms with Crippen molar-refractivity contribution in [3.8, 4) is 11.5 Å². The summed E-state index contributed by atoms with van der Waals surface area (Å²) in [5.41, 5.74) is 11.6. The lowest BCUT2D eigenvalue weighted by atomic mass is 9.95. The van der Waals surface area contributed by atoms with E-state index in [0.717, 1.165) is 19.3 Å². The highest BCUT2D eigenvalue weighted by molar-refractivity contribution is 6.04. The number of ether oxygens (including phenoxy) is 2. The van der Waals surface area contributed by atoms with Crippen molar-refractivity contribution in [2.45, 2.75) is 19.3 Å². The molecule has 7 heteroatoms. The Morgan fingerprint density at radius 2 is 1.87 bits per heavy atom. The normalized spacial score (nSPS) is 20.1. The minimum absolute atomic E-state index is 0.145. The second-order valence-corrected chi connectivity index (χ2v) is 5.64. The van der Waals surface area contributed by atoms with Crippen molar-refractivity contribution < 1.29 is 19.1 Å². The topological polar surface area (TPSA) is 117 Å². The van der Waals surface area contributed by atoms with Crippen LogP contribution in [0.5, 0.6) is 11.5 Å².